The van der Waals surface area contributed by atoms with Crippen molar-refractivity contribution < 1.29 is 18.0 Å². The van der Waals surface area contributed by atoms with Crippen LogP contribution in [0.4, 0.5) is 18.9 Å². The highest BCUT2D eigenvalue weighted by atomic mass is 19.4. The number of alkyl halides is 3. The van der Waals surface area contributed by atoms with Crippen molar-refractivity contribution in [3.63, 3.8) is 0 Å². The summed E-state index contributed by atoms with van der Waals surface area (Å²) in [6.45, 7) is 0. The maximum atomic E-state index is 12.6. The number of carbonyl (C=O) groups excluding carboxylic acids is 1. The van der Waals surface area contributed by atoms with Crippen LogP contribution in [0.5, 0.6) is 0 Å². The van der Waals surface area contributed by atoms with Crippen LogP contribution in [0.1, 0.15) is 16.1 Å². The van der Waals surface area contributed by atoms with Gasteiger partial charge < -0.3 is 15.3 Å². The van der Waals surface area contributed by atoms with Crippen molar-refractivity contribution in [2.24, 2.45) is 0 Å². The molecule has 0 unspecified atom stereocenters. The second-order valence-electron chi connectivity index (χ2n) is 5.92. The Kier molecular flexibility index (Phi) is 3.95. The summed E-state index contributed by atoms with van der Waals surface area (Å²) in [5, 5.41) is 3.65. The number of carbonyl (C=O) groups is 1. The molecule has 4 aromatic rings. The number of hydrogen-bond donors (Lipinski definition) is 3. The minimum Gasteiger partial charge on any atom is -0.359 e. The van der Waals surface area contributed by atoms with Crippen LogP contribution in [0, 0.1) is 0 Å². The zero-order valence-corrected chi connectivity index (χ0v) is 13.8. The number of nitrogens with one attached hydrogen (secondary N) is 3. The van der Waals surface area contributed by atoms with Crippen LogP contribution in [0.25, 0.3) is 22.3 Å². The normalized spacial score (nSPS) is 11.7. The summed E-state index contributed by atoms with van der Waals surface area (Å²) in [5.74, 6) is -0.0850. The highest BCUT2D eigenvalue weighted by Crippen LogP contribution is 2.30. The molecule has 0 saturated heterocycles. The van der Waals surface area contributed by atoms with Crippen LogP contribution < -0.4 is 5.32 Å². The number of fused-ring (bicyclic) bond motifs is 1. The topological polar surface area (TPSA) is 73.6 Å². The molecule has 0 aliphatic rings. The highest BCUT2D eigenvalue weighted by molar-refractivity contribution is 6.08. The van der Waals surface area contributed by atoms with Gasteiger partial charge in [-0.2, -0.15) is 13.2 Å². The Morgan fingerprint density at radius 3 is 2.52 bits per heavy atom. The van der Waals surface area contributed by atoms with Crippen LogP contribution >= 0.6 is 0 Å². The molecule has 1 amide bonds. The molecule has 3 N–H and O–H groups in total. The van der Waals surface area contributed by atoms with Crippen molar-refractivity contribution in [1.82, 2.24) is 15.0 Å². The molecule has 2 aromatic heterocycles. The standard InChI is InChI=1S/C19H13F3N4O/c20-19(21,22)12-7-5-11(6-8-12)17-24-10-16(25-17)18(27)26-15-9-23-14-4-2-1-3-13(14)15/h1-10,23H,(H,24,25)(H,26,27). The number of H-pyrrole nitrogens is 2. The molecule has 0 fully saturated rings. The van der Waals surface area contributed by atoms with Gasteiger partial charge in [0.05, 0.1) is 17.4 Å². The minimum atomic E-state index is -4.40. The molecule has 0 aliphatic carbocycles. The number of imidazole rings is 1. The fraction of sp³-hybridized carbons (Fsp3) is 0.0526. The first-order chi connectivity index (χ1) is 12.9. The van der Waals surface area contributed by atoms with Gasteiger partial charge in [0.1, 0.15) is 11.5 Å². The first kappa shape index (κ1) is 16.9. The van der Waals surface area contributed by atoms with Crippen molar-refractivity contribution in [2.45, 2.75) is 6.18 Å². The summed E-state index contributed by atoms with van der Waals surface area (Å²) >= 11 is 0. The zero-order valence-electron chi connectivity index (χ0n) is 13.8. The molecule has 4 rings (SSSR count). The second-order valence-corrected chi connectivity index (χ2v) is 5.92. The largest absolute Gasteiger partial charge is 0.416 e. The molecule has 0 atom stereocenters. The molecule has 0 radical (unpaired) electrons. The van der Waals surface area contributed by atoms with E-state index in [4.69, 9.17) is 0 Å². The number of hydrogen-bond acceptors (Lipinski definition) is 2. The number of rotatable bonds is 3. The molecule has 0 spiro atoms. The molecule has 5 nitrogen and oxygen atoms in total. The van der Waals surface area contributed by atoms with Gasteiger partial charge in [-0.3, -0.25) is 4.79 Å². The number of halogens is 3. The van der Waals surface area contributed by atoms with E-state index in [1.807, 2.05) is 24.3 Å². The predicted molar refractivity (Wildman–Crippen MR) is 95.3 cm³/mol. The van der Waals surface area contributed by atoms with Crippen molar-refractivity contribution in [2.75, 3.05) is 5.32 Å². The Balaban J connectivity index is 1.54. The van der Waals surface area contributed by atoms with Crippen LogP contribution in [-0.4, -0.2) is 20.9 Å². The average molecular weight is 370 g/mol. The lowest BCUT2D eigenvalue weighted by Crippen LogP contribution is -2.11. The molecule has 0 aliphatic heterocycles. The van der Waals surface area contributed by atoms with Crippen LogP contribution in [0.3, 0.4) is 0 Å². The van der Waals surface area contributed by atoms with E-state index in [1.54, 1.807) is 6.20 Å². The van der Waals surface area contributed by atoms with Gasteiger partial charge in [-0.25, -0.2) is 4.98 Å². The van der Waals surface area contributed by atoms with Gasteiger partial charge in [0.2, 0.25) is 0 Å². The van der Waals surface area contributed by atoms with Crippen molar-refractivity contribution in [3.8, 4) is 11.4 Å². The Morgan fingerprint density at radius 2 is 1.78 bits per heavy atom. The third kappa shape index (κ3) is 3.29. The van der Waals surface area contributed by atoms with E-state index in [0.29, 0.717) is 17.1 Å². The Labute approximate surface area is 151 Å². The Hall–Kier alpha value is -3.55. The van der Waals surface area contributed by atoms with E-state index in [1.165, 1.54) is 18.3 Å². The number of benzene rings is 2. The van der Waals surface area contributed by atoms with Crippen LogP contribution in [0.15, 0.2) is 60.9 Å². The summed E-state index contributed by atoms with van der Waals surface area (Å²) in [5.41, 5.74) is 1.43. The lowest BCUT2D eigenvalue weighted by atomic mass is 10.1. The van der Waals surface area contributed by atoms with Crippen LogP contribution in [0.2, 0.25) is 0 Å². The number of para-hydroxylation sites is 1. The SMILES string of the molecule is O=C(Nc1c[nH]c2ccccc12)c1cnc(-c2ccc(C(F)(F)F)cc2)[nH]1. The number of anilines is 1. The minimum absolute atomic E-state index is 0.204. The third-order valence-electron chi connectivity index (χ3n) is 4.14. The quantitative estimate of drug-likeness (QED) is 0.483. The average Bonchev–Trinajstić information content (AvgIpc) is 3.29. The van der Waals surface area contributed by atoms with E-state index in [2.05, 4.69) is 20.3 Å². The zero-order chi connectivity index (χ0) is 19.0. The Bertz CT molecular complexity index is 1110. The van der Waals surface area contributed by atoms with Gasteiger partial charge in [-0.15, -0.1) is 0 Å². The number of amides is 1. The van der Waals surface area contributed by atoms with Gasteiger partial charge >= 0.3 is 6.18 Å². The van der Waals surface area contributed by atoms with E-state index in [9.17, 15) is 18.0 Å². The number of nitrogens with zero attached hydrogens (tertiary/aromatic N) is 1. The number of aromatic nitrogens is 3. The molecule has 0 saturated carbocycles. The lowest BCUT2D eigenvalue weighted by Gasteiger charge is -2.06. The summed E-state index contributed by atoms with van der Waals surface area (Å²) in [4.78, 5) is 22.4. The molecule has 0 bridgehead atoms. The first-order valence-corrected chi connectivity index (χ1v) is 8.02. The van der Waals surface area contributed by atoms with E-state index in [0.717, 1.165) is 23.0 Å². The third-order valence-corrected chi connectivity index (χ3v) is 4.14. The van der Waals surface area contributed by atoms with Gasteiger partial charge in [0.25, 0.3) is 5.91 Å². The molecule has 2 heterocycles. The van der Waals surface area contributed by atoms with Crippen molar-refractivity contribution in [1.29, 1.82) is 0 Å². The van der Waals surface area contributed by atoms with Gasteiger partial charge in [-0.1, -0.05) is 30.3 Å². The van der Waals surface area contributed by atoms with E-state index >= 15 is 0 Å². The molecule has 8 heteroatoms. The van der Waals surface area contributed by atoms with Crippen molar-refractivity contribution >= 4 is 22.5 Å². The molecule has 136 valence electrons. The monoisotopic (exact) mass is 370 g/mol. The van der Waals surface area contributed by atoms with E-state index in [-0.39, 0.29) is 5.69 Å². The number of aromatic amines is 2. The molecule has 2 aromatic carbocycles. The molecular weight excluding hydrogens is 357 g/mol. The fourth-order valence-corrected chi connectivity index (χ4v) is 2.76. The Morgan fingerprint density at radius 1 is 1.04 bits per heavy atom. The fourth-order valence-electron chi connectivity index (χ4n) is 2.76. The first-order valence-electron chi connectivity index (χ1n) is 8.02. The van der Waals surface area contributed by atoms with Crippen molar-refractivity contribution in [3.05, 3.63) is 72.2 Å². The predicted octanol–water partition coefficient (Wildman–Crippen LogP) is 4.83. The van der Waals surface area contributed by atoms with Gasteiger partial charge in [0, 0.05) is 22.7 Å². The summed E-state index contributed by atoms with van der Waals surface area (Å²) in [6.07, 6.45) is -1.36. The maximum absolute atomic E-state index is 12.6. The summed E-state index contributed by atoms with van der Waals surface area (Å²) in [7, 11) is 0. The smallest absolute Gasteiger partial charge is 0.359 e. The maximum Gasteiger partial charge on any atom is 0.416 e. The van der Waals surface area contributed by atoms with Gasteiger partial charge in [-0.05, 0) is 18.2 Å². The van der Waals surface area contributed by atoms with Crippen LogP contribution in [-0.2, 0) is 6.18 Å². The molecular formula is C19H13F3N4O. The van der Waals surface area contributed by atoms with Gasteiger partial charge in [0.15, 0.2) is 0 Å². The summed E-state index contributed by atoms with van der Waals surface area (Å²) in [6, 6.07) is 12.1. The second kappa shape index (κ2) is 6.31. The highest BCUT2D eigenvalue weighted by Gasteiger charge is 2.30. The summed E-state index contributed by atoms with van der Waals surface area (Å²) < 4.78 is 37.9. The molecule has 27 heavy (non-hydrogen) atoms. The lowest BCUT2D eigenvalue weighted by molar-refractivity contribution is -0.137. The van der Waals surface area contributed by atoms with E-state index < -0.39 is 17.6 Å².